The number of carbonyl (C=O) groups is 3. The van der Waals surface area contributed by atoms with E-state index in [0.29, 0.717) is 40.9 Å². The van der Waals surface area contributed by atoms with Crippen LogP contribution in [-0.4, -0.2) is 57.3 Å². The highest BCUT2D eigenvalue weighted by atomic mass is 16.5. The van der Waals surface area contributed by atoms with E-state index < -0.39 is 23.5 Å². The molecule has 0 saturated carbocycles. The zero-order valence-corrected chi connectivity index (χ0v) is 20.4. The molecule has 3 amide bonds. The van der Waals surface area contributed by atoms with Crippen LogP contribution < -0.4 is 29.7 Å². The normalized spacial score (nSPS) is 25.5. The van der Waals surface area contributed by atoms with Crippen LogP contribution in [0.4, 0.5) is 17.1 Å². The second kappa shape index (κ2) is 8.87. The minimum absolute atomic E-state index is 0.176. The van der Waals surface area contributed by atoms with Gasteiger partial charge in [0.15, 0.2) is 11.5 Å². The van der Waals surface area contributed by atoms with E-state index in [0.717, 1.165) is 0 Å². The van der Waals surface area contributed by atoms with E-state index in [1.165, 1.54) is 28.3 Å². The highest BCUT2D eigenvalue weighted by Gasteiger charge is 2.67. The van der Waals surface area contributed by atoms with E-state index >= 15 is 0 Å². The number of fused-ring (bicyclic) bond motifs is 1. The number of anilines is 3. The lowest BCUT2D eigenvalue weighted by Gasteiger charge is -2.24. The van der Waals surface area contributed by atoms with E-state index in [1.807, 2.05) is 12.2 Å². The zero-order valence-electron chi connectivity index (χ0n) is 20.4. The van der Waals surface area contributed by atoms with E-state index in [9.17, 15) is 14.4 Å². The Hall–Kier alpha value is -4.05. The van der Waals surface area contributed by atoms with Crippen molar-refractivity contribution in [2.24, 2.45) is 11.8 Å². The smallest absolute Gasteiger partial charge is 0.234 e. The fourth-order valence-electron chi connectivity index (χ4n) is 5.32. The highest BCUT2D eigenvalue weighted by Crippen LogP contribution is 2.53. The number of nitrogens with zero attached hydrogens (tertiary/aromatic N) is 1. The van der Waals surface area contributed by atoms with Gasteiger partial charge >= 0.3 is 0 Å². The number of methoxy groups -OCH3 is 3. The van der Waals surface area contributed by atoms with Gasteiger partial charge in [-0.05, 0) is 24.3 Å². The largest absolute Gasteiger partial charge is 0.493 e. The molecule has 2 aromatic rings. The van der Waals surface area contributed by atoms with Gasteiger partial charge in [0, 0.05) is 36.1 Å². The first-order chi connectivity index (χ1) is 17.3. The molecule has 188 valence electrons. The van der Waals surface area contributed by atoms with Crippen molar-refractivity contribution in [3.63, 3.8) is 0 Å². The molecular weight excluding hydrogens is 466 g/mol. The maximum absolute atomic E-state index is 13.6. The molecule has 36 heavy (non-hydrogen) atoms. The molecule has 0 radical (unpaired) electrons. The maximum atomic E-state index is 13.6. The van der Waals surface area contributed by atoms with Gasteiger partial charge in [0.2, 0.25) is 23.5 Å². The second-order valence-electron chi connectivity index (χ2n) is 8.96. The van der Waals surface area contributed by atoms with Crippen molar-refractivity contribution in [2.75, 3.05) is 43.4 Å². The molecule has 2 aromatic carbocycles. The van der Waals surface area contributed by atoms with Crippen molar-refractivity contribution in [3.8, 4) is 17.2 Å². The van der Waals surface area contributed by atoms with Crippen LogP contribution in [0.5, 0.6) is 17.2 Å². The molecule has 4 atom stereocenters. The quantitative estimate of drug-likeness (QED) is 0.570. The van der Waals surface area contributed by atoms with Gasteiger partial charge < -0.3 is 34.5 Å². The molecule has 2 fully saturated rings. The summed E-state index contributed by atoms with van der Waals surface area (Å²) in [5, 5.41) is 5.61. The van der Waals surface area contributed by atoms with Gasteiger partial charge in [0.25, 0.3) is 0 Å². The molecule has 1 spiro atoms. The van der Waals surface area contributed by atoms with E-state index in [1.54, 1.807) is 41.3 Å². The van der Waals surface area contributed by atoms with Gasteiger partial charge in [-0.3, -0.25) is 14.4 Å². The maximum Gasteiger partial charge on any atom is 0.234 e. The first kappa shape index (κ1) is 23.7. The van der Waals surface area contributed by atoms with Crippen molar-refractivity contribution in [2.45, 2.75) is 18.6 Å². The molecule has 3 aliphatic heterocycles. The topological polar surface area (TPSA) is 115 Å². The Balaban J connectivity index is 1.39. The Morgan fingerprint density at radius 1 is 1.00 bits per heavy atom. The average Bonchev–Trinajstić information content (AvgIpc) is 3.51. The van der Waals surface area contributed by atoms with Crippen LogP contribution >= 0.6 is 0 Å². The summed E-state index contributed by atoms with van der Waals surface area (Å²) in [6.07, 6.45) is 3.26. The molecule has 3 heterocycles. The number of rotatable bonds is 7. The molecule has 2 bridgehead atoms. The Bertz CT molecular complexity index is 1230. The van der Waals surface area contributed by atoms with Crippen molar-refractivity contribution < 1.29 is 33.3 Å². The fourth-order valence-corrected chi connectivity index (χ4v) is 5.32. The number of hydrogen-bond acceptors (Lipinski definition) is 7. The van der Waals surface area contributed by atoms with Crippen LogP contribution in [-0.2, 0) is 19.1 Å². The summed E-state index contributed by atoms with van der Waals surface area (Å²) in [6.45, 7) is 1.73. The number of benzene rings is 2. The van der Waals surface area contributed by atoms with E-state index in [-0.39, 0.29) is 17.7 Å². The summed E-state index contributed by atoms with van der Waals surface area (Å²) in [5.41, 5.74) is 0.888. The molecule has 0 unspecified atom stereocenters. The van der Waals surface area contributed by atoms with Crippen molar-refractivity contribution in [1.29, 1.82) is 0 Å². The zero-order chi connectivity index (χ0) is 25.6. The van der Waals surface area contributed by atoms with Crippen LogP contribution in [0.25, 0.3) is 0 Å². The van der Waals surface area contributed by atoms with Crippen molar-refractivity contribution >= 4 is 34.8 Å². The minimum atomic E-state index is -0.866. The third-order valence-corrected chi connectivity index (χ3v) is 6.83. The van der Waals surface area contributed by atoms with Crippen LogP contribution in [0.15, 0.2) is 48.6 Å². The van der Waals surface area contributed by atoms with Crippen LogP contribution in [0.1, 0.15) is 6.92 Å². The van der Waals surface area contributed by atoms with Gasteiger partial charge in [-0.2, -0.15) is 0 Å². The molecule has 2 saturated heterocycles. The Labute approximate surface area is 208 Å². The summed E-state index contributed by atoms with van der Waals surface area (Å²) in [6, 6.07) is 10.3. The number of amides is 3. The lowest BCUT2D eigenvalue weighted by Crippen LogP contribution is -2.41. The molecular formula is C26H27N3O7. The van der Waals surface area contributed by atoms with Gasteiger partial charge in [0.1, 0.15) is 5.60 Å². The fraction of sp³-hybridized carbons (Fsp3) is 0.346. The molecule has 0 aliphatic carbocycles. The molecule has 2 N–H and O–H groups in total. The Kier molecular flexibility index (Phi) is 5.83. The van der Waals surface area contributed by atoms with Crippen LogP contribution in [0.3, 0.4) is 0 Å². The lowest BCUT2D eigenvalue weighted by atomic mass is 9.77. The molecule has 0 aromatic heterocycles. The minimum Gasteiger partial charge on any atom is -0.493 e. The number of hydrogen-bond donors (Lipinski definition) is 2. The van der Waals surface area contributed by atoms with E-state index in [4.69, 9.17) is 18.9 Å². The number of nitrogens with one attached hydrogen (secondary N) is 2. The number of ether oxygens (including phenoxy) is 4. The second-order valence-corrected chi connectivity index (χ2v) is 8.96. The Morgan fingerprint density at radius 2 is 1.67 bits per heavy atom. The highest BCUT2D eigenvalue weighted by molar-refractivity contribution is 6.05. The predicted molar refractivity (Wildman–Crippen MR) is 132 cm³/mol. The van der Waals surface area contributed by atoms with Gasteiger partial charge in [-0.15, -0.1) is 0 Å². The summed E-state index contributed by atoms with van der Waals surface area (Å²) >= 11 is 0. The molecule has 10 heteroatoms. The number of carbonyl (C=O) groups excluding carboxylic acids is 3. The SMILES string of the molecule is COc1cc(NC(=O)[C@H]2[C@H]3C=C[C@]4(CN(c5ccc(NC(C)=O)cc5)C(=O)[C@@H]24)O3)cc(OC)c1OC. The summed E-state index contributed by atoms with van der Waals surface area (Å²) in [4.78, 5) is 40.0. The van der Waals surface area contributed by atoms with Crippen LogP contribution in [0, 0.1) is 11.8 Å². The molecule has 5 rings (SSSR count). The van der Waals surface area contributed by atoms with Gasteiger partial charge in [-0.1, -0.05) is 12.2 Å². The van der Waals surface area contributed by atoms with Crippen molar-refractivity contribution in [3.05, 3.63) is 48.6 Å². The molecule has 10 nitrogen and oxygen atoms in total. The first-order valence-electron chi connectivity index (χ1n) is 11.5. The third kappa shape index (κ3) is 3.74. The van der Waals surface area contributed by atoms with Crippen molar-refractivity contribution in [1.82, 2.24) is 0 Å². The summed E-state index contributed by atoms with van der Waals surface area (Å²) in [7, 11) is 4.49. The summed E-state index contributed by atoms with van der Waals surface area (Å²) < 4.78 is 22.3. The standard InChI is InChI=1S/C26H27N3O7/c1-14(30)27-15-5-7-17(8-6-15)29-13-26-10-9-18(36-26)21(22(26)25(29)32)24(31)28-16-11-19(33-2)23(35-4)20(12-16)34-3/h5-12,18,21-22H,13H2,1-4H3,(H,27,30)(H,28,31)/t18-,21+,22-,26-/m1/s1. The monoisotopic (exact) mass is 493 g/mol. The van der Waals surface area contributed by atoms with Gasteiger partial charge in [-0.25, -0.2) is 0 Å². The average molecular weight is 494 g/mol. The van der Waals surface area contributed by atoms with Gasteiger partial charge in [0.05, 0.1) is 45.8 Å². The predicted octanol–water partition coefficient (Wildman–Crippen LogP) is 2.60. The molecule has 3 aliphatic rings. The summed E-state index contributed by atoms with van der Waals surface area (Å²) in [5.74, 6) is -0.841. The lowest BCUT2D eigenvalue weighted by molar-refractivity contribution is -0.128. The first-order valence-corrected chi connectivity index (χ1v) is 11.5. The Morgan fingerprint density at radius 3 is 2.25 bits per heavy atom. The van der Waals surface area contributed by atoms with Crippen LogP contribution in [0.2, 0.25) is 0 Å². The third-order valence-electron chi connectivity index (χ3n) is 6.83. The van der Waals surface area contributed by atoms with E-state index in [2.05, 4.69) is 10.6 Å².